The van der Waals surface area contributed by atoms with Crippen LogP contribution in [0.2, 0.25) is 5.02 Å². The van der Waals surface area contributed by atoms with Crippen molar-refractivity contribution in [3.05, 3.63) is 68.3 Å². The summed E-state index contributed by atoms with van der Waals surface area (Å²) in [5.41, 5.74) is 1.09. The predicted molar refractivity (Wildman–Crippen MR) is 90.2 cm³/mol. The molecular formula is C16H16ClIO2. The quantitative estimate of drug-likeness (QED) is 0.753. The van der Waals surface area contributed by atoms with Gasteiger partial charge in [-0.05, 0) is 58.3 Å². The summed E-state index contributed by atoms with van der Waals surface area (Å²) in [6, 6.07) is 15.4. The molecule has 0 aliphatic rings. The van der Waals surface area contributed by atoms with Crippen LogP contribution >= 0.6 is 34.2 Å². The Balaban J connectivity index is 2.39. The highest BCUT2D eigenvalue weighted by Crippen LogP contribution is 2.33. The Morgan fingerprint density at radius 1 is 0.950 bits per heavy atom. The van der Waals surface area contributed by atoms with Gasteiger partial charge in [0.1, 0.15) is 0 Å². The first-order chi connectivity index (χ1) is 9.61. The number of hydrogen-bond acceptors (Lipinski definition) is 2. The van der Waals surface area contributed by atoms with Gasteiger partial charge in [-0.25, -0.2) is 0 Å². The van der Waals surface area contributed by atoms with Gasteiger partial charge in [-0.3, -0.25) is 0 Å². The zero-order valence-electron chi connectivity index (χ0n) is 10.9. The zero-order chi connectivity index (χ0) is 14.6. The Hall–Kier alpha value is -0.620. The highest BCUT2D eigenvalue weighted by atomic mass is 127. The molecule has 0 radical (unpaired) electrons. The first kappa shape index (κ1) is 15.8. The van der Waals surface area contributed by atoms with Crippen LogP contribution in [0.5, 0.6) is 0 Å². The normalized spacial score (nSPS) is 11.6. The molecule has 2 aromatic rings. The molecule has 0 aromatic heterocycles. The Morgan fingerprint density at radius 2 is 1.55 bits per heavy atom. The third kappa shape index (κ3) is 3.34. The minimum atomic E-state index is -0.759. The van der Waals surface area contributed by atoms with Crippen LogP contribution < -0.4 is 0 Å². The van der Waals surface area contributed by atoms with Crippen molar-refractivity contribution in [3.63, 3.8) is 0 Å². The molecule has 2 N–H and O–H groups in total. The average Bonchev–Trinajstić information content (AvgIpc) is 2.48. The third-order valence-corrected chi connectivity index (χ3v) is 4.56. The molecule has 0 aliphatic carbocycles. The average molecular weight is 403 g/mol. The zero-order valence-corrected chi connectivity index (χ0v) is 13.8. The van der Waals surface area contributed by atoms with Crippen LogP contribution in [-0.4, -0.2) is 23.4 Å². The van der Waals surface area contributed by atoms with Crippen LogP contribution in [0.3, 0.4) is 0 Å². The standard InChI is InChI=1S/C16H16ClIO2/c17-15-4-2-1-3-14(15)16(10-19,11-20)9-12-5-7-13(18)8-6-12/h1-8,19-20H,9-11H2. The van der Waals surface area contributed by atoms with E-state index in [1.165, 1.54) is 0 Å². The molecule has 2 rings (SSSR count). The highest BCUT2D eigenvalue weighted by Gasteiger charge is 2.33. The van der Waals surface area contributed by atoms with Gasteiger partial charge in [-0.2, -0.15) is 0 Å². The largest absolute Gasteiger partial charge is 0.395 e. The van der Waals surface area contributed by atoms with Crippen LogP contribution in [0, 0.1) is 3.57 Å². The van der Waals surface area contributed by atoms with Crippen molar-refractivity contribution in [1.29, 1.82) is 0 Å². The molecule has 0 spiro atoms. The van der Waals surface area contributed by atoms with E-state index >= 15 is 0 Å². The van der Waals surface area contributed by atoms with E-state index in [0.717, 1.165) is 14.7 Å². The lowest BCUT2D eigenvalue weighted by Gasteiger charge is -2.31. The lowest BCUT2D eigenvalue weighted by Crippen LogP contribution is -2.37. The summed E-state index contributed by atoms with van der Waals surface area (Å²) in [6.07, 6.45) is 0.542. The van der Waals surface area contributed by atoms with E-state index in [-0.39, 0.29) is 13.2 Å². The fourth-order valence-electron chi connectivity index (χ4n) is 2.31. The lowest BCUT2D eigenvalue weighted by molar-refractivity contribution is 0.116. The summed E-state index contributed by atoms with van der Waals surface area (Å²) in [5.74, 6) is 0. The van der Waals surface area contributed by atoms with Crippen LogP contribution in [-0.2, 0) is 11.8 Å². The minimum absolute atomic E-state index is 0.154. The molecule has 0 saturated carbocycles. The molecule has 0 heterocycles. The van der Waals surface area contributed by atoms with Crippen molar-refractivity contribution < 1.29 is 10.2 Å². The van der Waals surface area contributed by atoms with E-state index in [1.807, 2.05) is 42.5 Å². The van der Waals surface area contributed by atoms with Gasteiger partial charge < -0.3 is 10.2 Å². The number of hydrogen-bond donors (Lipinski definition) is 2. The molecule has 20 heavy (non-hydrogen) atoms. The number of benzene rings is 2. The van der Waals surface area contributed by atoms with E-state index in [9.17, 15) is 10.2 Å². The first-order valence-electron chi connectivity index (χ1n) is 6.32. The number of aliphatic hydroxyl groups is 2. The summed E-state index contributed by atoms with van der Waals surface area (Å²) >= 11 is 8.48. The van der Waals surface area contributed by atoms with Gasteiger partial charge in [0, 0.05) is 14.0 Å². The third-order valence-electron chi connectivity index (χ3n) is 3.51. The molecule has 2 nitrogen and oxygen atoms in total. The number of rotatable bonds is 5. The maximum absolute atomic E-state index is 9.85. The minimum Gasteiger partial charge on any atom is -0.395 e. The Labute approximate surface area is 137 Å². The van der Waals surface area contributed by atoms with Crippen molar-refractivity contribution in [2.24, 2.45) is 0 Å². The molecule has 4 heteroatoms. The van der Waals surface area contributed by atoms with Crippen LogP contribution in [0.15, 0.2) is 48.5 Å². The second-order valence-electron chi connectivity index (χ2n) is 4.88. The maximum atomic E-state index is 9.85. The number of aliphatic hydroxyl groups excluding tert-OH is 2. The Morgan fingerprint density at radius 3 is 2.10 bits per heavy atom. The molecule has 106 valence electrons. The molecule has 0 bridgehead atoms. The second-order valence-corrected chi connectivity index (χ2v) is 6.53. The van der Waals surface area contributed by atoms with Crippen molar-refractivity contribution in [3.8, 4) is 0 Å². The smallest absolute Gasteiger partial charge is 0.0553 e. The molecule has 0 fully saturated rings. The summed E-state index contributed by atoms with van der Waals surface area (Å²) in [6.45, 7) is -0.307. The predicted octanol–water partition coefficient (Wildman–Crippen LogP) is 3.41. The van der Waals surface area contributed by atoms with E-state index in [1.54, 1.807) is 6.07 Å². The van der Waals surface area contributed by atoms with Gasteiger partial charge in [0.05, 0.1) is 13.2 Å². The highest BCUT2D eigenvalue weighted by molar-refractivity contribution is 14.1. The van der Waals surface area contributed by atoms with Gasteiger partial charge in [0.25, 0.3) is 0 Å². The summed E-state index contributed by atoms with van der Waals surface area (Å²) in [7, 11) is 0. The fourth-order valence-corrected chi connectivity index (χ4v) is 3.01. The van der Waals surface area contributed by atoms with E-state index < -0.39 is 5.41 Å². The molecule has 0 unspecified atom stereocenters. The topological polar surface area (TPSA) is 40.5 Å². The van der Waals surface area contributed by atoms with Gasteiger partial charge in [-0.15, -0.1) is 0 Å². The monoisotopic (exact) mass is 402 g/mol. The summed E-state index contributed by atoms with van der Waals surface area (Å²) in [5, 5.41) is 20.3. The van der Waals surface area contributed by atoms with Crippen LogP contribution in [0.4, 0.5) is 0 Å². The van der Waals surface area contributed by atoms with Crippen molar-refractivity contribution >= 4 is 34.2 Å². The van der Waals surface area contributed by atoms with Gasteiger partial charge in [-0.1, -0.05) is 41.9 Å². The van der Waals surface area contributed by atoms with Crippen molar-refractivity contribution in [2.75, 3.05) is 13.2 Å². The summed E-state index contributed by atoms with van der Waals surface area (Å²) < 4.78 is 1.16. The molecule has 2 aromatic carbocycles. The van der Waals surface area contributed by atoms with E-state index in [0.29, 0.717) is 11.4 Å². The van der Waals surface area contributed by atoms with Gasteiger partial charge >= 0.3 is 0 Å². The van der Waals surface area contributed by atoms with E-state index in [2.05, 4.69) is 22.6 Å². The lowest BCUT2D eigenvalue weighted by atomic mass is 9.77. The molecule has 0 aliphatic heterocycles. The van der Waals surface area contributed by atoms with Gasteiger partial charge in [0.2, 0.25) is 0 Å². The van der Waals surface area contributed by atoms with Crippen LogP contribution in [0.1, 0.15) is 11.1 Å². The summed E-state index contributed by atoms with van der Waals surface area (Å²) in [4.78, 5) is 0. The van der Waals surface area contributed by atoms with Crippen molar-refractivity contribution in [1.82, 2.24) is 0 Å². The fraction of sp³-hybridized carbons (Fsp3) is 0.250. The van der Waals surface area contributed by atoms with Crippen molar-refractivity contribution in [2.45, 2.75) is 11.8 Å². The SMILES string of the molecule is OCC(CO)(Cc1ccc(I)cc1)c1ccccc1Cl. The molecule has 0 atom stereocenters. The van der Waals surface area contributed by atoms with E-state index in [4.69, 9.17) is 11.6 Å². The first-order valence-corrected chi connectivity index (χ1v) is 7.78. The Bertz CT molecular complexity index is 565. The maximum Gasteiger partial charge on any atom is 0.0553 e. The van der Waals surface area contributed by atoms with Gasteiger partial charge in [0.15, 0.2) is 0 Å². The number of halogens is 2. The molecule has 0 saturated heterocycles. The van der Waals surface area contributed by atoms with Crippen LogP contribution in [0.25, 0.3) is 0 Å². The molecular weight excluding hydrogens is 387 g/mol. The second kappa shape index (κ2) is 6.89. The Kier molecular flexibility index (Phi) is 5.43. The molecule has 0 amide bonds.